The predicted octanol–water partition coefficient (Wildman–Crippen LogP) is 22.9. The van der Waals surface area contributed by atoms with Crippen molar-refractivity contribution in [2.75, 3.05) is 0 Å². The summed E-state index contributed by atoms with van der Waals surface area (Å²) in [5.74, 6) is 4.03. The third-order valence-corrected chi connectivity index (χ3v) is 20.7. The first kappa shape index (κ1) is 58.5. The molecular formula is C90H70N6. The van der Waals surface area contributed by atoms with Crippen LogP contribution in [0, 0.1) is 0 Å². The van der Waals surface area contributed by atoms with Crippen molar-refractivity contribution in [3.8, 4) is 135 Å². The predicted molar refractivity (Wildman–Crippen MR) is 393 cm³/mol. The Labute approximate surface area is 562 Å². The molecule has 18 rings (SSSR count). The number of benzene rings is 12. The van der Waals surface area contributed by atoms with E-state index < -0.39 is 0 Å². The summed E-state index contributed by atoms with van der Waals surface area (Å²) in [7, 11) is 0. The van der Waals surface area contributed by atoms with Crippen LogP contribution in [0.2, 0.25) is 0 Å². The largest absolute Gasteiger partial charge is 0.208 e. The van der Waals surface area contributed by atoms with Crippen molar-refractivity contribution >= 4 is 0 Å². The van der Waals surface area contributed by atoms with E-state index in [1.807, 2.05) is 48.5 Å². The lowest BCUT2D eigenvalue weighted by atomic mass is 9.66. The van der Waals surface area contributed by atoms with Crippen LogP contribution < -0.4 is 0 Å². The van der Waals surface area contributed by atoms with Crippen LogP contribution in [0.25, 0.3) is 135 Å². The van der Waals surface area contributed by atoms with Gasteiger partial charge in [0.25, 0.3) is 0 Å². The highest BCUT2D eigenvalue weighted by atomic mass is 15.0. The van der Waals surface area contributed by atoms with Gasteiger partial charge in [-0.25, -0.2) is 29.9 Å². The molecule has 96 heavy (non-hydrogen) atoms. The Balaban J connectivity index is 0.000000145. The zero-order chi connectivity index (χ0) is 63.8. The number of hydrogen-bond acceptors (Lipinski definition) is 6. The molecule has 0 atom stereocenters. The van der Waals surface area contributed by atoms with Crippen LogP contribution >= 0.6 is 0 Å². The van der Waals surface area contributed by atoms with Crippen LogP contribution in [0.1, 0.15) is 86.5 Å². The standard InChI is InChI=1S/2C45H35N3/c1-4-16-31(17-5-1)33-20-14-21-34(30-33)43-46-42(32-18-6-2-7-19-32)47-44(48-43)39-24-9-8-22-35(39)37-25-15-26-38-36-23-10-11-27-40(36)45(41(37)38)28-12-3-13-29-45;1-4-14-31(15-5-1)35-18-12-19-36(30-35)44-47-42(33-16-6-2-7-17-33)46-43(48-44)34-26-24-32(25-27-34)37-21-13-22-39-38-20-8-9-23-40(38)45(41(37)39)28-10-3-11-29-45/h1-2,4-11,14-27,30H,3,12-13,28-29H2;1-2,4-9,12-27,30H,3,10-11,28-29H2. The highest BCUT2D eigenvalue weighted by Crippen LogP contribution is 2.60. The summed E-state index contributed by atoms with van der Waals surface area (Å²) < 4.78 is 0. The highest BCUT2D eigenvalue weighted by Gasteiger charge is 2.47. The summed E-state index contributed by atoms with van der Waals surface area (Å²) in [5, 5.41) is 0. The van der Waals surface area contributed by atoms with E-state index in [-0.39, 0.29) is 10.8 Å². The minimum absolute atomic E-state index is 0.0330. The SMILES string of the molecule is c1ccc(-c2cccc(-c3nc(-c4ccccc4)nc(-c4ccc(-c5cccc6c5C5(CCCCC5)c5ccccc5-6)cc4)n3)c2)cc1.c1ccc(-c2cccc(-c3nc(-c4ccccc4)nc(-c4ccccc4-c4cccc5c4C4(CCCCC4)c4ccccc4-5)n3)c2)cc1. The Morgan fingerprint density at radius 2 is 0.458 bits per heavy atom. The number of fused-ring (bicyclic) bond motifs is 10. The Kier molecular flexibility index (Phi) is 15.3. The van der Waals surface area contributed by atoms with Crippen molar-refractivity contribution in [3.05, 3.63) is 326 Å². The smallest absolute Gasteiger partial charge is 0.164 e. The van der Waals surface area contributed by atoms with Gasteiger partial charge in [-0.15, -0.1) is 0 Å². The monoisotopic (exact) mass is 1230 g/mol. The van der Waals surface area contributed by atoms with Crippen molar-refractivity contribution in [2.45, 2.75) is 75.0 Å². The molecule has 6 heteroatoms. The van der Waals surface area contributed by atoms with E-state index >= 15 is 0 Å². The first-order valence-electron chi connectivity index (χ1n) is 34.2. The summed E-state index contributed by atoms with van der Waals surface area (Å²) in [6.45, 7) is 0. The van der Waals surface area contributed by atoms with Crippen LogP contribution in [-0.2, 0) is 10.8 Å². The number of aromatic nitrogens is 6. The van der Waals surface area contributed by atoms with E-state index in [1.165, 1.54) is 131 Å². The lowest BCUT2D eigenvalue weighted by molar-refractivity contribution is 0.353. The topological polar surface area (TPSA) is 77.3 Å². The molecule has 2 heterocycles. The van der Waals surface area contributed by atoms with Gasteiger partial charge in [0.1, 0.15) is 0 Å². The zero-order valence-electron chi connectivity index (χ0n) is 53.6. The van der Waals surface area contributed by atoms with Gasteiger partial charge in [-0.3, -0.25) is 0 Å². The lowest BCUT2D eigenvalue weighted by Crippen LogP contribution is -2.28. The van der Waals surface area contributed by atoms with E-state index in [9.17, 15) is 0 Å². The van der Waals surface area contributed by atoms with Gasteiger partial charge < -0.3 is 0 Å². The molecule has 4 aliphatic carbocycles. The van der Waals surface area contributed by atoms with Crippen LogP contribution in [0.4, 0.5) is 0 Å². The van der Waals surface area contributed by atoms with Gasteiger partial charge in [-0.05, 0) is 127 Å². The summed E-state index contributed by atoms with van der Waals surface area (Å²) in [4.78, 5) is 30.5. The molecule has 0 saturated heterocycles. The van der Waals surface area contributed by atoms with Crippen LogP contribution in [0.5, 0.6) is 0 Å². The first-order chi connectivity index (χ1) is 47.5. The first-order valence-corrected chi connectivity index (χ1v) is 34.2. The van der Waals surface area contributed by atoms with E-state index in [0.29, 0.717) is 34.9 Å². The molecule has 2 fully saturated rings. The molecular weight excluding hydrogens is 1170 g/mol. The quantitative estimate of drug-likeness (QED) is 0.136. The van der Waals surface area contributed by atoms with Crippen molar-refractivity contribution in [3.63, 3.8) is 0 Å². The Morgan fingerprint density at radius 3 is 0.906 bits per heavy atom. The molecule has 12 aromatic carbocycles. The molecule has 4 aliphatic rings. The second-order valence-corrected chi connectivity index (χ2v) is 26.2. The van der Waals surface area contributed by atoms with Gasteiger partial charge >= 0.3 is 0 Å². The van der Waals surface area contributed by atoms with Gasteiger partial charge in [-0.1, -0.05) is 330 Å². The minimum Gasteiger partial charge on any atom is -0.208 e. The molecule has 0 radical (unpaired) electrons. The molecule has 2 spiro atoms. The fraction of sp³-hybridized carbons (Fsp3) is 0.133. The zero-order valence-corrected chi connectivity index (χ0v) is 53.6. The van der Waals surface area contributed by atoms with Gasteiger partial charge in [0, 0.05) is 44.2 Å². The van der Waals surface area contributed by atoms with Gasteiger partial charge in [-0.2, -0.15) is 0 Å². The summed E-state index contributed by atoms with van der Waals surface area (Å²) >= 11 is 0. The molecule has 14 aromatic rings. The average Bonchev–Trinajstić information content (AvgIpc) is 1.55. The Hall–Kier alpha value is -11.3. The van der Waals surface area contributed by atoms with Crippen LogP contribution in [0.15, 0.2) is 303 Å². The molecule has 6 nitrogen and oxygen atoms in total. The molecule has 0 amide bonds. The molecule has 0 aliphatic heterocycles. The van der Waals surface area contributed by atoms with Crippen molar-refractivity contribution in [2.24, 2.45) is 0 Å². The van der Waals surface area contributed by atoms with E-state index in [4.69, 9.17) is 29.9 Å². The average molecular weight is 1240 g/mol. The van der Waals surface area contributed by atoms with Gasteiger partial charge in [0.2, 0.25) is 0 Å². The number of hydrogen-bond donors (Lipinski definition) is 0. The number of rotatable bonds is 10. The fourth-order valence-corrected chi connectivity index (χ4v) is 16.3. The maximum Gasteiger partial charge on any atom is 0.164 e. The Morgan fingerprint density at radius 1 is 0.177 bits per heavy atom. The third-order valence-electron chi connectivity index (χ3n) is 20.7. The maximum atomic E-state index is 5.24. The summed E-state index contributed by atoms with van der Waals surface area (Å²) in [6, 6.07) is 108. The van der Waals surface area contributed by atoms with Crippen molar-refractivity contribution in [1.82, 2.24) is 29.9 Å². The fourth-order valence-electron chi connectivity index (χ4n) is 16.3. The molecule has 0 N–H and O–H groups in total. The second kappa shape index (κ2) is 25.2. The van der Waals surface area contributed by atoms with Crippen LogP contribution in [0.3, 0.4) is 0 Å². The van der Waals surface area contributed by atoms with Gasteiger partial charge in [0.15, 0.2) is 34.9 Å². The van der Waals surface area contributed by atoms with Crippen molar-refractivity contribution < 1.29 is 0 Å². The molecule has 2 saturated carbocycles. The normalized spacial score (nSPS) is 14.4. The molecule has 2 aromatic heterocycles. The van der Waals surface area contributed by atoms with E-state index in [0.717, 1.165) is 55.6 Å². The maximum absolute atomic E-state index is 5.24. The lowest BCUT2D eigenvalue weighted by Gasteiger charge is -2.37. The van der Waals surface area contributed by atoms with Gasteiger partial charge in [0.05, 0.1) is 0 Å². The number of nitrogens with zero attached hydrogens (tertiary/aromatic N) is 6. The third kappa shape index (κ3) is 10.6. The molecule has 0 unspecified atom stereocenters. The highest BCUT2D eigenvalue weighted by molar-refractivity contribution is 5.93. The van der Waals surface area contributed by atoms with E-state index in [2.05, 4.69) is 255 Å². The van der Waals surface area contributed by atoms with E-state index in [1.54, 1.807) is 0 Å². The summed E-state index contributed by atoms with van der Waals surface area (Å²) in [6.07, 6.45) is 12.5. The summed E-state index contributed by atoms with van der Waals surface area (Å²) in [5.41, 5.74) is 27.2. The Bertz CT molecular complexity index is 5170. The second-order valence-electron chi connectivity index (χ2n) is 26.2. The molecule has 0 bridgehead atoms. The van der Waals surface area contributed by atoms with Crippen molar-refractivity contribution in [1.29, 1.82) is 0 Å². The van der Waals surface area contributed by atoms with Crippen LogP contribution in [-0.4, -0.2) is 29.9 Å². The minimum atomic E-state index is 0.0330. The molecule has 460 valence electrons.